The van der Waals surface area contributed by atoms with E-state index in [2.05, 4.69) is 22.4 Å². The van der Waals surface area contributed by atoms with E-state index in [1.165, 1.54) is 10.9 Å². The van der Waals surface area contributed by atoms with E-state index in [1.54, 1.807) is 7.05 Å². The van der Waals surface area contributed by atoms with Gasteiger partial charge in [-0.1, -0.05) is 18.2 Å². The Morgan fingerprint density at radius 3 is 2.88 bits per heavy atom. The van der Waals surface area contributed by atoms with Crippen molar-refractivity contribution in [3.63, 3.8) is 0 Å². The largest absolute Gasteiger partial charge is 0.361 e. The topological polar surface area (TPSA) is 68.4 Å². The van der Waals surface area contributed by atoms with Gasteiger partial charge in [0, 0.05) is 50.2 Å². The van der Waals surface area contributed by atoms with E-state index >= 15 is 0 Å². The smallest absolute Gasteiger partial charge is 0.238 e. The van der Waals surface area contributed by atoms with Crippen LogP contribution in [0.4, 0.5) is 0 Å². The zero-order chi connectivity index (χ0) is 17.8. The average Bonchev–Trinajstić information content (AvgIpc) is 3.04. The molecule has 0 bridgehead atoms. The summed E-state index contributed by atoms with van der Waals surface area (Å²) in [6.45, 7) is 1.89. The maximum atomic E-state index is 12.5. The second kappa shape index (κ2) is 7.70. The van der Waals surface area contributed by atoms with Crippen LogP contribution in [0.3, 0.4) is 0 Å². The number of aryl methyl sites for hydroxylation is 1. The zero-order valence-corrected chi connectivity index (χ0v) is 14.9. The van der Waals surface area contributed by atoms with Crippen molar-refractivity contribution in [2.24, 2.45) is 0 Å². The molecule has 0 saturated carbocycles. The molecule has 1 aromatic carbocycles. The van der Waals surface area contributed by atoms with Gasteiger partial charge in [-0.25, -0.2) is 0 Å². The van der Waals surface area contributed by atoms with Crippen molar-refractivity contribution in [2.75, 3.05) is 33.7 Å². The number of hydrogen-bond donors (Lipinski definition) is 2. The van der Waals surface area contributed by atoms with E-state index in [0.29, 0.717) is 19.5 Å². The van der Waals surface area contributed by atoms with Crippen molar-refractivity contribution in [3.05, 3.63) is 36.0 Å². The summed E-state index contributed by atoms with van der Waals surface area (Å²) in [6, 6.07) is 7.97. The van der Waals surface area contributed by atoms with Crippen LogP contribution in [-0.4, -0.2) is 66.4 Å². The lowest BCUT2D eigenvalue weighted by Gasteiger charge is -2.38. The van der Waals surface area contributed by atoms with Gasteiger partial charge in [0.1, 0.15) is 6.04 Å². The number of aromatic amines is 1. The minimum Gasteiger partial charge on any atom is -0.361 e. The lowest BCUT2D eigenvalue weighted by atomic mass is 10.1. The summed E-state index contributed by atoms with van der Waals surface area (Å²) in [5.74, 6) is 0.112. The highest BCUT2D eigenvalue weighted by molar-refractivity contribution is 5.84. The first-order valence-electron chi connectivity index (χ1n) is 8.84. The van der Waals surface area contributed by atoms with Crippen LogP contribution in [0.5, 0.6) is 0 Å². The second-order valence-corrected chi connectivity index (χ2v) is 6.66. The molecule has 1 atom stereocenters. The van der Waals surface area contributed by atoms with Gasteiger partial charge in [-0.15, -0.1) is 0 Å². The number of carbonyl (C=O) groups excluding carboxylic acids is 2. The molecule has 2 amide bonds. The fraction of sp³-hybridized carbons (Fsp3) is 0.474. The molecule has 6 heteroatoms. The maximum absolute atomic E-state index is 12.5. The van der Waals surface area contributed by atoms with Crippen molar-refractivity contribution >= 4 is 22.7 Å². The minimum absolute atomic E-state index is 0.0289. The maximum Gasteiger partial charge on any atom is 0.238 e. The van der Waals surface area contributed by atoms with Gasteiger partial charge >= 0.3 is 0 Å². The predicted octanol–water partition coefficient (Wildman–Crippen LogP) is 1.38. The molecule has 0 radical (unpaired) electrons. The van der Waals surface area contributed by atoms with Gasteiger partial charge in [0.25, 0.3) is 0 Å². The number of carbonyl (C=O) groups is 2. The Kier molecular flexibility index (Phi) is 5.38. The molecule has 1 fully saturated rings. The second-order valence-electron chi connectivity index (χ2n) is 6.66. The van der Waals surface area contributed by atoms with Crippen molar-refractivity contribution in [1.82, 2.24) is 20.1 Å². The molecule has 2 N–H and O–H groups in total. The highest BCUT2D eigenvalue weighted by Crippen LogP contribution is 2.20. The van der Waals surface area contributed by atoms with Crippen LogP contribution < -0.4 is 5.32 Å². The molecule has 0 unspecified atom stereocenters. The van der Waals surface area contributed by atoms with Crippen molar-refractivity contribution in [2.45, 2.75) is 25.3 Å². The van der Waals surface area contributed by atoms with Crippen LogP contribution in [0.25, 0.3) is 10.9 Å². The Balaban J connectivity index is 1.53. The third-order valence-electron chi connectivity index (χ3n) is 5.06. The molecule has 0 spiro atoms. The number of H-pyrrole nitrogens is 1. The SMILES string of the molecule is CNC(=O)[C@H]1CN(C(=O)CCCc2c[nH]c3ccccc23)CCN1C. The number of rotatable bonds is 5. The summed E-state index contributed by atoms with van der Waals surface area (Å²) in [5, 5.41) is 3.91. The van der Waals surface area contributed by atoms with Crippen molar-refractivity contribution in [3.8, 4) is 0 Å². The van der Waals surface area contributed by atoms with Crippen LogP contribution in [0.1, 0.15) is 18.4 Å². The van der Waals surface area contributed by atoms with Crippen molar-refractivity contribution < 1.29 is 9.59 Å². The van der Waals surface area contributed by atoms with Crippen LogP contribution in [-0.2, 0) is 16.0 Å². The summed E-state index contributed by atoms with van der Waals surface area (Å²) in [4.78, 5) is 31.6. The Labute approximate surface area is 148 Å². The van der Waals surface area contributed by atoms with E-state index in [0.717, 1.165) is 24.9 Å². The van der Waals surface area contributed by atoms with Gasteiger partial charge in [-0.2, -0.15) is 0 Å². The number of hydrogen-bond acceptors (Lipinski definition) is 3. The lowest BCUT2D eigenvalue weighted by Crippen LogP contribution is -2.58. The van der Waals surface area contributed by atoms with Gasteiger partial charge in [-0.3, -0.25) is 14.5 Å². The van der Waals surface area contributed by atoms with Gasteiger partial charge < -0.3 is 15.2 Å². The first-order chi connectivity index (χ1) is 12.1. The van der Waals surface area contributed by atoms with E-state index in [-0.39, 0.29) is 17.9 Å². The number of para-hydroxylation sites is 1. The Morgan fingerprint density at radius 1 is 1.28 bits per heavy atom. The molecule has 2 aromatic rings. The molecule has 2 heterocycles. The van der Waals surface area contributed by atoms with Crippen LogP contribution >= 0.6 is 0 Å². The van der Waals surface area contributed by atoms with Gasteiger partial charge in [0.2, 0.25) is 11.8 Å². The van der Waals surface area contributed by atoms with Crippen LogP contribution in [0, 0.1) is 0 Å². The molecule has 1 aliphatic heterocycles. The highest BCUT2D eigenvalue weighted by Gasteiger charge is 2.31. The molecular formula is C19H26N4O2. The quantitative estimate of drug-likeness (QED) is 0.863. The van der Waals surface area contributed by atoms with E-state index < -0.39 is 0 Å². The van der Waals surface area contributed by atoms with Crippen LogP contribution in [0.15, 0.2) is 30.5 Å². The number of likely N-dealkylation sites (N-methyl/N-ethyl adjacent to an activating group) is 2. The Bertz CT molecular complexity index is 755. The van der Waals surface area contributed by atoms with E-state index in [1.807, 2.05) is 35.2 Å². The average molecular weight is 342 g/mol. The molecule has 6 nitrogen and oxygen atoms in total. The highest BCUT2D eigenvalue weighted by atomic mass is 16.2. The minimum atomic E-state index is -0.253. The number of piperazine rings is 1. The fourth-order valence-corrected chi connectivity index (χ4v) is 3.48. The zero-order valence-electron chi connectivity index (χ0n) is 14.9. The molecule has 0 aliphatic carbocycles. The first kappa shape index (κ1) is 17.5. The third kappa shape index (κ3) is 3.85. The number of fused-ring (bicyclic) bond motifs is 1. The fourth-order valence-electron chi connectivity index (χ4n) is 3.48. The molecule has 1 saturated heterocycles. The molecule has 134 valence electrons. The number of nitrogens with one attached hydrogen (secondary N) is 2. The van der Waals surface area contributed by atoms with Crippen LogP contribution in [0.2, 0.25) is 0 Å². The first-order valence-corrected chi connectivity index (χ1v) is 8.84. The third-order valence-corrected chi connectivity index (χ3v) is 5.06. The summed E-state index contributed by atoms with van der Waals surface area (Å²) in [5.41, 5.74) is 2.39. The molecule has 3 rings (SSSR count). The lowest BCUT2D eigenvalue weighted by molar-refractivity contribution is -0.137. The Morgan fingerprint density at radius 2 is 2.08 bits per heavy atom. The van der Waals surface area contributed by atoms with E-state index in [4.69, 9.17) is 0 Å². The number of amides is 2. The molecule has 1 aromatic heterocycles. The van der Waals surface area contributed by atoms with Gasteiger partial charge in [0.05, 0.1) is 0 Å². The Hall–Kier alpha value is -2.34. The molecular weight excluding hydrogens is 316 g/mol. The summed E-state index contributed by atoms with van der Waals surface area (Å²) >= 11 is 0. The molecule has 1 aliphatic rings. The predicted molar refractivity (Wildman–Crippen MR) is 98.3 cm³/mol. The monoisotopic (exact) mass is 342 g/mol. The number of aromatic nitrogens is 1. The number of nitrogens with zero attached hydrogens (tertiary/aromatic N) is 2. The summed E-state index contributed by atoms with van der Waals surface area (Å²) < 4.78 is 0. The molecule has 25 heavy (non-hydrogen) atoms. The van der Waals surface area contributed by atoms with Gasteiger partial charge in [0.15, 0.2) is 0 Å². The summed E-state index contributed by atoms with van der Waals surface area (Å²) in [7, 11) is 3.57. The standard InChI is InChI=1S/C19H26N4O2/c1-20-19(25)17-13-23(11-10-22(17)2)18(24)9-5-6-14-12-21-16-8-4-3-7-15(14)16/h3-4,7-8,12,17,21H,5-6,9-11,13H2,1-2H3,(H,20,25)/t17-/m1/s1. The van der Waals surface area contributed by atoms with Gasteiger partial charge in [-0.05, 0) is 31.5 Å². The normalized spacial score (nSPS) is 18.5. The van der Waals surface area contributed by atoms with Crippen molar-refractivity contribution in [1.29, 1.82) is 0 Å². The summed E-state index contributed by atoms with van der Waals surface area (Å²) in [6.07, 6.45) is 4.25. The van der Waals surface area contributed by atoms with E-state index in [9.17, 15) is 9.59 Å². The number of benzene rings is 1.